The van der Waals surface area contributed by atoms with Crippen LogP contribution in [0.1, 0.15) is 19.8 Å². The van der Waals surface area contributed by atoms with Crippen LogP contribution in [0.2, 0.25) is 0 Å². The molecule has 22 heavy (non-hydrogen) atoms. The van der Waals surface area contributed by atoms with Gasteiger partial charge in [0.1, 0.15) is 5.75 Å². The summed E-state index contributed by atoms with van der Waals surface area (Å²) >= 11 is 5.26. The molecule has 1 aromatic carbocycles. The van der Waals surface area contributed by atoms with E-state index in [0.29, 0.717) is 11.2 Å². The van der Waals surface area contributed by atoms with Gasteiger partial charge in [0.05, 0.1) is 0 Å². The van der Waals surface area contributed by atoms with Crippen LogP contribution in [0.4, 0.5) is 14.5 Å². The Morgan fingerprint density at radius 1 is 1.41 bits per heavy atom. The average Bonchev–Trinajstić information content (AvgIpc) is 2.94. The molecule has 2 N–H and O–H groups in total. The first-order chi connectivity index (χ1) is 10.6. The molecule has 1 unspecified atom stereocenters. The Morgan fingerprint density at radius 3 is 2.77 bits per heavy atom. The van der Waals surface area contributed by atoms with Gasteiger partial charge in [0.25, 0.3) is 0 Å². The van der Waals surface area contributed by atoms with E-state index in [9.17, 15) is 8.78 Å². The molecule has 0 amide bonds. The summed E-state index contributed by atoms with van der Waals surface area (Å²) in [6, 6.07) is 6.78. The van der Waals surface area contributed by atoms with Crippen LogP contribution in [-0.4, -0.2) is 42.3 Å². The van der Waals surface area contributed by atoms with Crippen molar-refractivity contribution < 1.29 is 13.5 Å². The minimum absolute atomic E-state index is 0.129. The van der Waals surface area contributed by atoms with Crippen molar-refractivity contribution in [3.8, 4) is 5.75 Å². The molecule has 0 saturated carbocycles. The second-order valence-electron chi connectivity index (χ2n) is 5.16. The van der Waals surface area contributed by atoms with Crippen LogP contribution in [0.25, 0.3) is 0 Å². The lowest BCUT2D eigenvalue weighted by atomic mass is 10.2. The van der Waals surface area contributed by atoms with Crippen LogP contribution in [0.3, 0.4) is 0 Å². The predicted octanol–water partition coefficient (Wildman–Crippen LogP) is 3.06. The Labute approximate surface area is 134 Å². The molecule has 0 aromatic heterocycles. The zero-order valence-electron chi connectivity index (χ0n) is 12.5. The van der Waals surface area contributed by atoms with Gasteiger partial charge < -0.3 is 15.4 Å². The second-order valence-corrected chi connectivity index (χ2v) is 5.57. The fraction of sp³-hybridized carbons (Fsp3) is 0.533. The van der Waals surface area contributed by atoms with Crippen molar-refractivity contribution in [2.75, 3.05) is 25.0 Å². The van der Waals surface area contributed by atoms with Crippen molar-refractivity contribution in [1.29, 1.82) is 0 Å². The number of benzene rings is 1. The fourth-order valence-electron chi connectivity index (χ4n) is 2.65. The number of likely N-dealkylation sites (N-methyl/N-ethyl adjacent to an activating group) is 1. The quantitative estimate of drug-likeness (QED) is 0.785. The van der Waals surface area contributed by atoms with E-state index in [0.717, 1.165) is 25.3 Å². The molecule has 1 aliphatic rings. The molecule has 122 valence electrons. The lowest BCUT2D eigenvalue weighted by Crippen LogP contribution is -2.41. The lowest BCUT2D eigenvalue weighted by Gasteiger charge is -2.23. The van der Waals surface area contributed by atoms with Crippen LogP contribution in [0.5, 0.6) is 5.75 Å². The monoisotopic (exact) mass is 329 g/mol. The lowest BCUT2D eigenvalue weighted by molar-refractivity contribution is -0.0498. The topological polar surface area (TPSA) is 36.5 Å². The van der Waals surface area contributed by atoms with Crippen molar-refractivity contribution in [3.63, 3.8) is 0 Å². The molecule has 4 nitrogen and oxygen atoms in total. The van der Waals surface area contributed by atoms with Crippen molar-refractivity contribution >= 4 is 23.0 Å². The summed E-state index contributed by atoms with van der Waals surface area (Å²) in [5, 5.41) is 6.78. The average molecular weight is 329 g/mol. The van der Waals surface area contributed by atoms with E-state index in [2.05, 4.69) is 27.2 Å². The number of likely N-dealkylation sites (tertiary alicyclic amines) is 1. The van der Waals surface area contributed by atoms with Gasteiger partial charge >= 0.3 is 6.61 Å². The molecular formula is C15H21F2N3OS. The molecule has 1 aliphatic heterocycles. The molecule has 0 radical (unpaired) electrons. The van der Waals surface area contributed by atoms with E-state index in [1.54, 1.807) is 12.1 Å². The van der Waals surface area contributed by atoms with E-state index in [4.69, 9.17) is 12.2 Å². The Bertz CT molecular complexity index is 484. The van der Waals surface area contributed by atoms with Crippen LogP contribution in [0, 0.1) is 0 Å². The number of hydrogen-bond acceptors (Lipinski definition) is 3. The van der Waals surface area contributed by atoms with Crippen LogP contribution in [-0.2, 0) is 0 Å². The third kappa shape index (κ3) is 5.06. The summed E-state index contributed by atoms with van der Waals surface area (Å²) < 4.78 is 28.4. The Balaban J connectivity index is 1.77. The van der Waals surface area contributed by atoms with Gasteiger partial charge in [-0.05, 0) is 62.4 Å². The van der Waals surface area contributed by atoms with Gasteiger partial charge in [-0.25, -0.2) is 0 Å². The minimum Gasteiger partial charge on any atom is -0.435 e. The maximum atomic E-state index is 12.1. The van der Waals surface area contributed by atoms with Gasteiger partial charge in [0.15, 0.2) is 5.11 Å². The highest BCUT2D eigenvalue weighted by atomic mass is 32.1. The third-order valence-electron chi connectivity index (χ3n) is 3.74. The normalized spacial score (nSPS) is 18.5. The number of thiocarbonyl (C=S) groups is 1. The highest BCUT2D eigenvalue weighted by Crippen LogP contribution is 2.18. The molecular weight excluding hydrogens is 308 g/mol. The summed E-state index contributed by atoms with van der Waals surface area (Å²) in [4.78, 5) is 2.44. The molecule has 1 atom stereocenters. The number of hydrogen-bond donors (Lipinski definition) is 2. The number of alkyl halides is 2. The van der Waals surface area contributed by atoms with Gasteiger partial charge in [-0.1, -0.05) is 6.92 Å². The zero-order chi connectivity index (χ0) is 15.9. The molecule has 0 spiro atoms. The molecule has 1 aromatic rings. The van der Waals surface area contributed by atoms with Crippen LogP contribution >= 0.6 is 12.2 Å². The maximum Gasteiger partial charge on any atom is 0.387 e. The summed E-state index contributed by atoms with van der Waals surface area (Å²) in [6.07, 6.45) is 2.41. The zero-order valence-corrected chi connectivity index (χ0v) is 13.3. The standard InChI is InChI=1S/C15H21F2N3OS/c1-2-20-9-3-4-12(20)10-18-15(22)19-11-5-7-13(8-6-11)21-14(16)17/h5-8,12,14H,2-4,9-10H2,1H3,(H2,18,19,22). The molecule has 0 bridgehead atoms. The molecule has 1 heterocycles. The molecule has 1 saturated heterocycles. The Kier molecular flexibility index (Phi) is 6.33. The number of nitrogens with zero attached hydrogens (tertiary/aromatic N) is 1. The van der Waals surface area contributed by atoms with E-state index < -0.39 is 6.61 Å². The van der Waals surface area contributed by atoms with E-state index in [-0.39, 0.29) is 5.75 Å². The van der Waals surface area contributed by atoms with Gasteiger partial charge in [-0.15, -0.1) is 0 Å². The van der Waals surface area contributed by atoms with E-state index in [1.807, 2.05) is 0 Å². The van der Waals surface area contributed by atoms with Crippen molar-refractivity contribution in [2.45, 2.75) is 32.4 Å². The maximum absolute atomic E-state index is 12.1. The van der Waals surface area contributed by atoms with Crippen LogP contribution < -0.4 is 15.4 Å². The van der Waals surface area contributed by atoms with Gasteiger partial charge in [-0.3, -0.25) is 4.90 Å². The number of ether oxygens (including phenoxy) is 1. The van der Waals surface area contributed by atoms with Gasteiger partial charge in [0.2, 0.25) is 0 Å². The number of rotatable bonds is 6. The summed E-state index contributed by atoms with van der Waals surface area (Å²) in [6.45, 7) is 2.37. The van der Waals surface area contributed by atoms with Gasteiger partial charge in [-0.2, -0.15) is 8.78 Å². The summed E-state index contributed by atoms with van der Waals surface area (Å²) in [7, 11) is 0. The number of anilines is 1. The first-order valence-corrected chi connectivity index (χ1v) is 7.83. The SMILES string of the molecule is CCN1CCCC1CNC(=S)Nc1ccc(OC(F)F)cc1. The minimum atomic E-state index is -2.81. The first-order valence-electron chi connectivity index (χ1n) is 7.42. The highest BCUT2D eigenvalue weighted by Gasteiger charge is 2.22. The van der Waals surface area contributed by atoms with Crippen LogP contribution in [0.15, 0.2) is 24.3 Å². The van der Waals surface area contributed by atoms with E-state index >= 15 is 0 Å². The van der Waals surface area contributed by atoms with Crippen molar-refractivity contribution in [1.82, 2.24) is 10.2 Å². The summed E-state index contributed by atoms with van der Waals surface area (Å²) in [5.74, 6) is 0.129. The van der Waals surface area contributed by atoms with E-state index in [1.165, 1.54) is 25.0 Å². The third-order valence-corrected chi connectivity index (χ3v) is 3.99. The molecule has 1 fully saturated rings. The smallest absolute Gasteiger partial charge is 0.387 e. The fourth-order valence-corrected chi connectivity index (χ4v) is 2.85. The Hall–Kier alpha value is -1.47. The molecule has 0 aliphatic carbocycles. The predicted molar refractivity (Wildman–Crippen MR) is 87.6 cm³/mol. The number of nitrogens with one attached hydrogen (secondary N) is 2. The largest absolute Gasteiger partial charge is 0.435 e. The second kappa shape index (κ2) is 8.24. The molecule has 2 rings (SSSR count). The first kappa shape index (κ1) is 16.9. The highest BCUT2D eigenvalue weighted by molar-refractivity contribution is 7.80. The number of halogens is 2. The Morgan fingerprint density at radius 2 is 2.14 bits per heavy atom. The summed E-state index contributed by atoms with van der Waals surface area (Å²) in [5.41, 5.74) is 0.734. The molecule has 7 heteroatoms. The van der Waals surface area contributed by atoms with Crippen molar-refractivity contribution in [2.24, 2.45) is 0 Å². The van der Waals surface area contributed by atoms with Gasteiger partial charge in [0, 0.05) is 18.3 Å². The van der Waals surface area contributed by atoms with Crippen molar-refractivity contribution in [3.05, 3.63) is 24.3 Å².